The van der Waals surface area contributed by atoms with E-state index in [1.807, 2.05) is 28.9 Å². The number of aliphatic hydroxyl groups excluding tert-OH is 1. The molecule has 2 heterocycles. The minimum Gasteiger partial charge on any atom is -0.394 e. The van der Waals surface area contributed by atoms with E-state index in [1.54, 1.807) is 6.92 Å². The molecular weight excluding hydrogens is 312 g/mol. The maximum atomic E-state index is 11.5. The predicted molar refractivity (Wildman–Crippen MR) is 74.8 cm³/mol. The zero-order valence-corrected chi connectivity index (χ0v) is 12.0. The lowest BCUT2D eigenvalue weighted by molar-refractivity contribution is 0.220. The highest BCUT2D eigenvalue weighted by atomic mass is 79.9. The fraction of sp³-hybridized carbons (Fsp3) is 0.333. The van der Waals surface area contributed by atoms with Gasteiger partial charge >= 0.3 is 6.03 Å². The summed E-state index contributed by atoms with van der Waals surface area (Å²) in [5.41, 5.74) is 1.59. The van der Waals surface area contributed by atoms with Crippen LogP contribution in [0.15, 0.2) is 29.0 Å². The maximum Gasteiger partial charge on any atom is 0.315 e. The first kappa shape index (κ1) is 13.8. The van der Waals surface area contributed by atoms with Crippen LogP contribution in [0.3, 0.4) is 0 Å². The minimum absolute atomic E-state index is 0.0875. The number of urea groups is 1. The van der Waals surface area contributed by atoms with Crippen LogP contribution < -0.4 is 10.6 Å². The average molecular weight is 327 g/mol. The van der Waals surface area contributed by atoms with Crippen LogP contribution in [0, 0.1) is 0 Å². The molecule has 0 aliphatic carbocycles. The zero-order chi connectivity index (χ0) is 13.8. The van der Waals surface area contributed by atoms with Crippen molar-refractivity contribution < 1.29 is 9.90 Å². The van der Waals surface area contributed by atoms with Crippen molar-refractivity contribution in [1.82, 2.24) is 20.0 Å². The fourth-order valence-corrected chi connectivity index (χ4v) is 1.95. The normalized spacial score (nSPS) is 12.4. The van der Waals surface area contributed by atoms with E-state index in [9.17, 15) is 4.79 Å². The van der Waals surface area contributed by atoms with Gasteiger partial charge in [-0.15, -0.1) is 0 Å². The summed E-state index contributed by atoms with van der Waals surface area (Å²) in [6, 6.07) is 3.22. The highest BCUT2D eigenvalue weighted by molar-refractivity contribution is 9.10. The molecule has 0 aliphatic rings. The molecule has 7 heteroatoms. The number of amides is 2. The van der Waals surface area contributed by atoms with Crippen molar-refractivity contribution in [1.29, 1.82) is 0 Å². The lowest BCUT2D eigenvalue weighted by Crippen LogP contribution is -2.42. The topological polar surface area (TPSA) is 78.7 Å². The standard InChI is InChI=1S/C12H15BrN4O2/c1-8(7-18)15-12(19)14-4-10-6-17-5-9(13)2-3-11(17)16-10/h2-3,5-6,8,18H,4,7H2,1H3,(H2,14,15,19). The second kappa shape index (κ2) is 6.03. The van der Waals surface area contributed by atoms with E-state index in [-0.39, 0.29) is 18.7 Å². The molecule has 0 bridgehead atoms. The molecule has 0 radical (unpaired) electrons. The van der Waals surface area contributed by atoms with Gasteiger partial charge in [0.25, 0.3) is 0 Å². The van der Waals surface area contributed by atoms with E-state index in [4.69, 9.17) is 5.11 Å². The Morgan fingerprint density at radius 2 is 2.32 bits per heavy atom. The van der Waals surface area contributed by atoms with E-state index in [1.165, 1.54) is 0 Å². The molecule has 2 aromatic rings. The van der Waals surface area contributed by atoms with Crippen molar-refractivity contribution in [2.45, 2.75) is 19.5 Å². The number of nitrogens with zero attached hydrogens (tertiary/aromatic N) is 2. The SMILES string of the molecule is CC(CO)NC(=O)NCc1cn2cc(Br)ccc2n1. The van der Waals surface area contributed by atoms with Gasteiger partial charge in [0.15, 0.2) is 0 Å². The fourth-order valence-electron chi connectivity index (χ4n) is 1.59. The number of hydrogen-bond acceptors (Lipinski definition) is 3. The van der Waals surface area contributed by atoms with E-state index in [0.29, 0.717) is 6.54 Å². The number of rotatable bonds is 4. The van der Waals surface area contributed by atoms with Crippen LogP contribution in [0.1, 0.15) is 12.6 Å². The number of imidazole rings is 1. The molecule has 102 valence electrons. The predicted octanol–water partition coefficient (Wildman–Crippen LogP) is 1.28. The van der Waals surface area contributed by atoms with Crippen molar-refractivity contribution in [3.05, 3.63) is 34.7 Å². The Bertz CT molecular complexity index is 584. The molecule has 0 aromatic carbocycles. The Balaban J connectivity index is 1.96. The van der Waals surface area contributed by atoms with Gasteiger partial charge in [-0.25, -0.2) is 9.78 Å². The summed E-state index contributed by atoms with van der Waals surface area (Å²) in [6.45, 7) is 1.97. The van der Waals surface area contributed by atoms with Crippen LogP contribution in [-0.4, -0.2) is 33.2 Å². The number of carbonyl (C=O) groups excluding carboxylic acids is 1. The van der Waals surface area contributed by atoms with Crippen molar-refractivity contribution in [3.8, 4) is 0 Å². The van der Waals surface area contributed by atoms with Crippen molar-refractivity contribution >= 4 is 27.6 Å². The third kappa shape index (κ3) is 3.68. The van der Waals surface area contributed by atoms with Gasteiger partial charge in [0.05, 0.1) is 24.9 Å². The van der Waals surface area contributed by atoms with Gasteiger partial charge in [-0.1, -0.05) is 0 Å². The third-order valence-corrected chi connectivity index (χ3v) is 3.02. The summed E-state index contributed by atoms with van der Waals surface area (Å²) in [7, 11) is 0. The number of fused-ring (bicyclic) bond motifs is 1. The summed E-state index contributed by atoms with van der Waals surface area (Å²) in [6.07, 6.45) is 3.76. The molecule has 1 atom stereocenters. The maximum absolute atomic E-state index is 11.5. The van der Waals surface area contributed by atoms with Gasteiger partial charge < -0.3 is 20.1 Å². The van der Waals surface area contributed by atoms with Crippen LogP contribution in [0.2, 0.25) is 0 Å². The number of halogens is 1. The molecular formula is C12H15BrN4O2. The largest absolute Gasteiger partial charge is 0.394 e. The lowest BCUT2D eigenvalue weighted by Gasteiger charge is -2.10. The van der Waals surface area contributed by atoms with Crippen LogP contribution in [0.25, 0.3) is 5.65 Å². The Morgan fingerprint density at radius 3 is 3.05 bits per heavy atom. The van der Waals surface area contributed by atoms with Gasteiger partial charge in [-0.2, -0.15) is 0 Å². The summed E-state index contributed by atoms with van der Waals surface area (Å²) < 4.78 is 2.85. The Kier molecular flexibility index (Phi) is 4.39. The first-order chi connectivity index (χ1) is 9.08. The Labute approximate surface area is 119 Å². The molecule has 2 amide bonds. The molecule has 3 N–H and O–H groups in total. The van der Waals surface area contributed by atoms with Crippen LogP contribution in [0.4, 0.5) is 4.79 Å². The molecule has 1 unspecified atom stereocenters. The molecule has 0 saturated heterocycles. The van der Waals surface area contributed by atoms with Crippen molar-refractivity contribution in [2.24, 2.45) is 0 Å². The van der Waals surface area contributed by atoms with Gasteiger partial charge in [0.2, 0.25) is 0 Å². The van der Waals surface area contributed by atoms with Crippen LogP contribution >= 0.6 is 15.9 Å². The molecule has 0 fully saturated rings. The Morgan fingerprint density at radius 1 is 1.53 bits per heavy atom. The highest BCUT2D eigenvalue weighted by Crippen LogP contribution is 2.12. The number of aliphatic hydroxyl groups is 1. The summed E-state index contributed by atoms with van der Waals surface area (Å²) in [5, 5.41) is 14.1. The number of aromatic nitrogens is 2. The summed E-state index contributed by atoms with van der Waals surface area (Å²) in [5.74, 6) is 0. The van der Waals surface area contributed by atoms with Crippen LogP contribution in [-0.2, 0) is 6.54 Å². The monoisotopic (exact) mass is 326 g/mol. The van der Waals surface area contributed by atoms with Crippen molar-refractivity contribution in [3.63, 3.8) is 0 Å². The van der Waals surface area contributed by atoms with Gasteiger partial charge in [-0.3, -0.25) is 0 Å². The number of nitrogens with one attached hydrogen (secondary N) is 2. The number of hydrogen-bond donors (Lipinski definition) is 3. The third-order valence-electron chi connectivity index (χ3n) is 2.55. The molecule has 2 rings (SSSR count). The zero-order valence-electron chi connectivity index (χ0n) is 10.4. The molecule has 19 heavy (non-hydrogen) atoms. The highest BCUT2D eigenvalue weighted by Gasteiger charge is 2.07. The second-order valence-corrected chi connectivity index (χ2v) is 5.17. The van der Waals surface area contributed by atoms with E-state index in [2.05, 4.69) is 31.5 Å². The van der Waals surface area contributed by atoms with E-state index >= 15 is 0 Å². The Hall–Kier alpha value is -1.60. The minimum atomic E-state index is -0.320. The van der Waals surface area contributed by atoms with Gasteiger partial charge in [0, 0.05) is 16.9 Å². The molecule has 6 nitrogen and oxygen atoms in total. The van der Waals surface area contributed by atoms with Crippen LogP contribution in [0.5, 0.6) is 0 Å². The van der Waals surface area contributed by atoms with Gasteiger partial charge in [-0.05, 0) is 35.0 Å². The van der Waals surface area contributed by atoms with E-state index < -0.39 is 0 Å². The number of pyridine rings is 1. The molecule has 0 spiro atoms. The lowest BCUT2D eigenvalue weighted by atomic mass is 10.4. The first-order valence-corrected chi connectivity index (χ1v) is 6.66. The van der Waals surface area contributed by atoms with Crippen molar-refractivity contribution in [2.75, 3.05) is 6.61 Å². The summed E-state index contributed by atoms with van der Waals surface area (Å²) in [4.78, 5) is 15.9. The molecule has 2 aromatic heterocycles. The average Bonchev–Trinajstić information content (AvgIpc) is 2.78. The quantitative estimate of drug-likeness (QED) is 0.791. The van der Waals surface area contributed by atoms with Gasteiger partial charge in [0.1, 0.15) is 5.65 Å². The number of carbonyl (C=O) groups is 1. The molecule has 0 saturated carbocycles. The second-order valence-electron chi connectivity index (χ2n) is 4.26. The summed E-state index contributed by atoms with van der Waals surface area (Å²) >= 11 is 3.39. The first-order valence-electron chi connectivity index (χ1n) is 5.87. The molecule has 0 aliphatic heterocycles. The van der Waals surface area contributed by atoms with E-state index in [0.717, 1.165) is 15.8 Å². The smallest absolute Gasteiger partial charge is 0.315 e.